The second-order valence-corrected chi connectivity index (χ2v) is 3.65. The molecular formula is C13H21NO3. The Morgan fingerprint density at radius 2 is 1.71 bits per heavy atom. The predicted molar refractivity (Wildman–Crippen MR) is 67.8 cm³/mol. The van der Waals surface area contributed by atoms with Crippen molar-refractivity contribution < 1.29 is 14.2 Å². The zero-order valence-corrected chi connectivity index (χ0v) is 10.9. The van der Waals surface area contributed by atoms with Crippen LogP contribution in [-0.4, -0.2) is 34.5 Å². The van der Waals surface area contributed by atoms with Crippen LogP contribution in [0, 0.1) is 0 Å². The van der Waals surface area contributed by atoms with E-state index < -0.39 is 0 Å². The van der Waals surface area contributed by atoms with Gasteiger partial charge in [-0.2, -0.15) is 0 Å². The zero-order valence-electron chi connectivity index (χ0n) is 10.9. The monoisotopic (exact) mass is 239 g/mol. The van der Waals surface area contributed by atoms with Crippen molar-refractivity contribution in [3.05, 3.63) is 23.8 Å². The van der Waals surface area contributed by atoms with Gasteiger partial charge in [0.1, 0.15) is 11.5 Å². The zero-order chi connectivity index (χ0) is 12.7. The molecule has 0 spiro atoms. The van der Waals surface area contributed by atoms with Gasteiger partial charge in [0.15, 0.2) is 0 Å². The molecule has 0 fully saturated rings. The highest BCUT2D eigenvalue weighted by Gasteiger charge is 2.12. The van der Waals surface area contributed by atoms with Crippen LogP contribution in [0.2, 0.25) is 0 Å². The second-order valence-electron chi connectivity index (χ2n) is 3.65. The highest BCUT2D eigenvalue weighted by Crippen LogP contribution is 2.26. The highest BCUT2D eigenvalue weighted by molar-refractivity contribution is 5.39. The van der Waals surface area contributed by atoms with E-state index >= 15 is 0 Å². The van der Waals surface area contributed by atoms with Crippen molar-refractivity contribution in [1.29, 1.82) is 0 Å². The molecule has 0 heterocycles. The summed E-state index contributed by atoms with van der Waals surface area (Å²) in [4.78, 5) is 0. The van der Waals surface area contributed by atoms with E-state index in [-0.39, 0.29) is 6.04 Å². The Labute approximate surface area is 103 Å². The summed E-state index contributed by atoms with van der Waals surface area (Å²) in [5.41, 5.74) is 1.09. The molecule has 0 aliphatic carbocycles. The Hall–Kier alpha value is -1.26. The van der Waals surface area contributed by atoms with Gasteiger partial charge in [-0.1, -0.05) is 0 Å². The number of ether oxygens (including phenoxy) is 3. The van der Waals surface area contributed by atoms with Crippen molar-refractivity contribution >= 4 is 0 Å². The van der Waals surface area contributed by atoms with Crippen LogP contribution in [0.3, 0.4) is 0 Å². The summed E-state index contributed by atoms with van der Waals surface area (Å²) in [5, 5.41) is 3.22. The van der Waals surface area contributed by atoms with Gasteiger partial charge in [0.05, 0.1) is 26.9 Å². The van der Waals surface area contributed by atoms with Gasteiger partial charge in [-0.25, -0.2) is 0 Å². The summed E-state index contributed by atoms with van der Waals surface area (Å²) in [6.45, 7) is 3.32. The first-order valence-corrected chi connectivity index (χ1v) is 5.73. The standard InChI is InChI=1S/C13H21NO3/c1-5-17-9-13(14-2)10-6-11(15-3)8-12(7-10)16-4/h6-8,13-14H,5,9H2,1-4H3. The Morgan fingerprint density at radius 1 is 1.12 bits per heavy atom. The van der Waals surface area contributed by atoms with Crippen LogP contribution >= 0.6 is 0 Å². The Bertz CT molecular complexity index is 319. The van der Waals surface area contributed by atoms with Gasteiger partial charge in [0, 0.05) is 12.7 Å². The molecule has 96 valence electrons. The van der Waals surface area contributed by atoms with Gasteiger partial charge >= 0.3 is 0 Å². The number of likely N-dealkylation sites (N-methyl/N-ethyl adjacent to an activating group) is 1. The fourth-order valence-electron chi connectivity index (χ4n) is 1.61. The smallest absolute Gasteiger partial charge is 0.122 e. The number of nitrogens with one attached hydrogen (secondary N) is 1. The fraction of sp³-hybridized carbons (Fsp3) is 0.538. The number of hydrogen-bond donors (Lipinski definition) is 1. The van der Waals surface area contributed by atoms with Gasteiger partial charge in [0.2, 0.25) is 0 Å². The topological polar surface area (TPSA) is 39.7 Å². The van der Waals surface area contributed by atoms with Gasteiger partial charge in [0.25, 0.3) is 0 Å². The molecule has 0 saturated carbocycles. The van der Waals surface area contributed by atoms with Crippen LogP contribution in [0.1, 0.15) is 18.5 Å². The van der Waals surface area contributed by atoms with Crippen molar-refractivity contribution in [3.63, 3.8) is 0 Å². The summed E-state index contributed by atoms with van der Waals surface area (Å²) in [6, 6.07) is 5.97. The summed E-state index contributed by atoms with van der Waals surface area (Å²) in [7, 11) is 5.21. The first kappa shape index (κ1) is 13.8. The Morgan fingerprint density at radius 3 is 2.12 bits per heavy atom. The first-order valence-electron chi connectivity index (χ1n) is 5.73. The molecule has 0 radical (unpaired) electrons. The first-order chi connectivity index (χ1) is 8.24. The maximum atomic E-state index is 5.44. The molecule has 1 rings (SSSR count). The molecule has 17 heavy (non-hydrogen) atoms. The lowest BCUT2D eigenvalue weighted by Gasteiger charge is -2.18. The van der Waals surface area contributed by atoms with Crippen LogP contribution in [-0.2, 0) is 4.74 Å². The van der Waals surface area contributed by atoms with E-state index in [0.29, 0.717) is 13.2 Å². The van der Waals surface area contributed by atoms with E-state index in [0.717, 1.165) is 17.1 Å². The SMILES string of the molecule is CCOCC(NC)c1cc(OC)cc(OC)c1. The molecule has 0 aliphatic heterocycles. The molecule has 0 aliphatic rings. The molecule has 4 heteroatoms. The van der Waals surface area contributed by atoms with Gasteiger partial charge < -0.3 is 19.5 Å². The minimum Gasteiger partial charge on any atom is -0.497 e. The largest absolute Gasteiger partial charge is 0.497 e. The average Bonchev–Trinajstić information content (AvgIpc) is 2.39. The quantitative estimate of drug-likeness (QED) is 0.790. The van der Waals surface area contributed by atoms with E-state index in [1.165, 1.54) is 0 Å². The lowest BCUT2D eigenvalue weighted by molar-refractivity contribution is 0.125. The van der Waals surface area contributed by atoms with Crippen molar-refractivity contribution in [1.82, 2.24) is 5.32 Å². The third kappa shape index (κ3) is 3.91. The number of methoxy groups -OCH3 is 2. The van der Waals surface area contributed by atoms with Gasteiger partial charge in [-0.3, -0.25) is 0 Å². The van der Waals surface area contributed by atoms with E-state index in [1.807, 2.05) is 32.2 Å². The van der Waals surface area contributed by atoms with E-state index in [1.54, 1.807) is 14.2 Å². The van der Waals surface area contributed by atoms with Gasteiger partial charge in [-0.15, -0.1) is 0 Å². The third-order valence-corrected chi connectivity index (χ3v) is 2.61. The molecule has 1 aromatic carbocycles. The normalized spacial score (nSPS) is 12.2. The predicted octanol–water partition coefficient (Wildman–Crippen LogP) is 2.00. The molecule has 0 saturated heterocycles. The second kappa shape index (κ2) is 7.14. The molecular weight excluding hydrogens is 218 g/mol. The van der Waals surface area contributed by atoms with Crippen LogP contribution < -0.4 is 14.8 Å². The number of rotatable bonds is 7. The van der Waals surface area contributed by atoms with Crippen LogP contribution in [0.5, 0.6) is 11.5 Å². The van der Waals surface area contributed by atoms with Crippen LogP contribution in [0.25, 0.3) is 0 Å². The fourth-order valence-corrected chi connectivity index (χ4v) is 1.61. The summed E-state index contributed by atoms with van der Waals surface area (Å²) < 4.78 is 15.9. The van der Waals surface area contributed by atoms with Crippen LogP contribution in [0.4, 0.5) is 0 Å². The van der Waals surface area contributed by atoms with E-state index in [2.05, 4.69) is 5.32 Å². The number of hydrogen-bond acceptors (Lipinski definition) is 4. The minimum absolute atomic E-state index is 0.138. The molecule has 0 amide bonds. The maximum Gasteiger partial charge on any atom is 0.122 e. The summed E-state index contributed by atoms with van der Waals surface area (Å²) >= 11 is 0. The van der Waals surface area contributed by atoms with E-state index in [9.17, 15) is 0 Å². The molecule has 4 nitrogen and oxygen atoms in total. The number of benzene rings is 1. The molecule has 1 atom stereocenters. The van der Waals surface area contributed by atoms with Crippen molar-refractivity contribution in [2.24, 2.45) is 0 Å². The molecule has 1 N–H and O–H groups in total. The molecule has 0 bridgehead atoms. The molecule has 0 aromatic heterocycles. The van der Waals surface area contributed by atoms with Crippen molar-refractivity contribution in [3.8, 4) is 11.5 Å². The van der Waals surface area contributed by atoms with Crippen LogP contribution in [0.15, 0.2) is 18.2 Å². The molecule has 1 unspecified atom stereocenters. The minimum atomic E-state index is 0.138. The highest BCUT2D eigenvalue weighted by atomic mass is 16.5. The third-order valence-electron chi connectivity index (χ3n) is 2.61. The van der Waals surface area contributed by atoms with Crippen molar-refractivity contribution in [2.75, 3.05) is 34.5 Å². The lowest BCUT2D eigenvalue weighted by Crippen LogP contribution is -2.21. The summed E-state index contributed by atoms with van der Waals surface area (Å²) in [5.74, 6) is 1.58. The average molecular weight is 239 g/mol. The maximum absolute atomic E-state index is 5.44. The van der Waals surface area contributed by atoms with Gasteiger partial charge in [-0.05, 0) is 31.7 Å². The summed E-state index contributed by atoms with van der Waals surface area (Å²) in [6.07, 6.45) is 0. The van der Waals surface area contributed by atoms with E-state index in [4.69, 9.17) is 14.2 Å². The van der Waals surface area contributed by atoms with Crippen molar-refractivity contribution in [2.45, 2.75) is 13.0 Å². The molecule has 1 aromatic rings. The Kier molecular flexibility index (Phi) is 5.80. The lowest BCUT2D eigenvalue weighted by atomic mass is 10.1. The Balaban J connectivity index is 2.92.